The van der Waals surface area contributed by atoms with Gasteiger partial charge in [-0.05, 0) is 56.0 Å². The van der Waals surface area contributed by atoms with Gasteiger partial charge >= 0.3 is 0 Å². The van der Waals surface area contributed by atoms with Crippen molar-refractivity contribution in [2.75, 3.05) is 17.4 Å². The van der Waals surface area contributed by atoms with Crippen molar-refractivity contribution >= 4 is 27.5 Å². The number of aryl methyl sites for hydroxylation is 2. The zero-order valence-corrected chi connectivity index (χ0v) is 24.5. The highest BCUT2D eigenvalue weighted by Gasteiger charge is 2.34. The highest BCUT2D eigenvalue weighted by molar-refractivity contribution is 7.92. The molecule has 0 fully saturated rings. The number of carbonyl (C=O) groups excluding carboxylic acids is 2. The Bertz CT molecular complexity index is 1420. The summed E-state index contributed by atoms with van der Waals surface area (Å²) in [6, 6.07) is 18.3. The number of halogens is 1. The van der Waals surface area contributed by atoms with Gasteiger partial charge in [0.2, 0.25) is 11.8 Å². The molecule has 0 aromatic heterocycles. The maximum absolute atomic E-state index is 15.0. The first-order valence-electron chi connectivity index (χ1n) is 13.4. The molecule has 3 rings (SSSR count). The van der Waals surface area contributed by atoms with Crippen LogP contribution in [-0.2, 0) is 26.2 Å². The van der Waals surface area contributed by atoms with Crippen LogP contribution in [0.25, 0.3) is 0 Å². The van der Waals surface area contributed by atoms with Gasteiger partial charge in [0, 0.05) is 13.1 Å². The number of anilines is 1. The molecule has 0 saturated carbocycles. The van der Waals surface area contributed by atoms with E-state index in [2.05, 4.69) is 5.32 Å². The molecule has 40 heavy (non-hydrogen) atoms. The Morgan fingerprint density at radius 2 is 1.60 bits per heavy atom. The number of amides is 2. The molecule has 0 heterocycles. The standard InChI is InChI=1S/C31H38FN3O4S/c1-6-28(31(37)33-19-22(2)3)34(20-25-11-9-10-24(5)18-25)30(36)21-35(29-13-8-7-12-27(29)32)40(38,39)26-16-14-23(4)15-17-26/h7-18,22,28H,6,19-21H2,1-5H3,(H,33,37)/t28-/m1/s1. The lowest BCUT2D eigenvalue weighted by Crippen LogP contribution is -2.52. The maximum atomic E-state index is 15.0. The highest BCUT2D eigenvalue weighted by atomic mass is 32.2. The lowest BCUT2D eigenvalue weighted by atomic mass is 10.1. The van der Waals surface area contributed by atoms with Gasteiger partial charge in [-0.1, -0.05) is 80.4 Å². The van der Waals surface area contributed by atoms with E-state index < -0.39 is 34.3 Å². The first kappa shape index (κ1) is 30.8. The third kappa shape index (κ3) is 7.69. The highest BCUT2D eigenvalue weighted by Crippen LogP contribution is 2.27. The predicted molar refractivity (Wildman–Crippen MR) is 156 cm³/mol. The van der Waals surface area contributed by atoms with Crippen molar-refractivity contribution < 1.29 is 22.4 Å². The Morgan fingerprint density at radius 3 is 2.20 bits per heavy atom. The van der Waals surface area contributed by atoms with Gasteiger partial charge in [0.05, 0.1) is 10.6 Å². The molecular weight excluding hydrogens is 529 g/mol. The second-order valence-electron chi connectivity index (χ2n) is 10.3. The van der Waals surface area contributed by atoms with Gasteiger partial charge in [-0.25, -0.2) is 12.8 Å². The molecule has 3 aromatic carbocycles. The van der Waals surface area contributed by atoms with Crippen LogP contribution in [0.2, 0.25) is 0 Å². The van der Waals surface area contributed by atoms with Crippen LogP contribution in [0.15, 0.2) is 77.7 Å². The zero-order chi connectivity index (χ0) is 29.4. The van der Waals surface area contributed by atoms with E-state index in [4.69, 9.17) is 0 Å². The molecule has 0 bridgehead atoms. The number of benzene rings is 3. The maximum Gasteiger partial charge on any atom is 0.264 e. The number of para-hydroxylation sites is 1. The summed E-state index contributed by atoms with van der Waals surface area (Å²) in [6.45, 7) is 9.33. The van der Waals surface area contributed by atoms with Crippen LogP contribution in [0.5, 0.6) is 0 Å². The second-order valence-corrected chi connectivity index (χ2v) is 12.2. The van der Waals surface area contributed by atoms with Crippen LogP contribution >= 0.6 is 0 Å². The second kappa shape index (κ2) is 13.6. The van der Waals surface area contributed by atoms with Gasteiger partial charge in [-0.3, -0.25) is 13.9 Å². The molecule has 0 unspecified atom stereocenters. The number of hydrogen-bond donors (Lipinski definition) is 1. The van der Waals surface area contributed by atoms with E-state index in [0.29, 0.717) is 13.0 Å². The number of sulfonamides is 1. The van der Waals surface area contributed by atoms with Crippen molar-refractivity contribution in [3.63, 3.8) is 0 Å². The quantitative estimate of drug-likeness (QED) is 0.325. The minimum Gasteiger partial charge on any atom is -0.354 e. The Kier molecular flexibility index (Phi) is 10.5. The summed E-state index contributed by atoms with van der Waals surface area (Å²) in [5.74, 6) is -1.51. The summed E-state index contributed by atoms with van der Waals surface area (Å²) in [5.41, 5.74) is 2.39. The first-order valence-corrected chi connectivity index (χ1v) is 14.8. The Balaban J connectivity index is 2.06. The lowest BCUT2D eigenvalue weighted by Gasteiger charge is -2.33. The van der Waals surface area contributed by atoms with E-state index in [0.717, 1.165) is 27.1 Å². The van der Waals surface area contributed by atoms with Crippen molar-refractivity contribution in [2.45, 2.75) is 58.5 Å². The van der Waals surface area contributed by atoms with E-state index in [-0.39, 0.29) is 29.0 Å². The Labute approximate surface area is 237 Å². The van der Waals surface area contributed by atoms with Crippen LogP contribution in [0.4, 0.5) is 10.1 Å². The van der Waals surface area contributed by atoms with E-state index >= 15 is 4.39 Å². The van der Waals surface area contributed by atoms with Crippen molar-refractivity contribution in [1.29, 1.82) is 0 Å². The summed E-state index contributed by atoms with van der Waals surface area (Å²) < 4.78 is 43.5. The zero-order valence-electron chi connectivity index (χ0n) is 23.7. The SMILES string of the molecule is CC[C@H](C(=O)NCC(C)C)N(Cc1cccc(C)c1)C(=O)CN(c1ccccc1F)S(=O)(=O)c1ccc(C)cc1. The molecule has 0 aliphatic rings. The molecule has 2 amide bonds. The Hall–Kier alpha value is -3.72. The lowest BCUT2D eigenvalue weighted by molar-refractivity contribution is -0.140. The van der Waals surface area contributed by atoms with Crippen LogP contribution in [0.3, 0.4) is 0 Å². The van der Waals surface area contributed by atoms with Gasteiger partial charge in [-0.15, -0.1) is 0 Å². The van der Waals surface area contributed by atoms with Crippen LogP contribution in [-0.4, -0.2) is 44.3 Å². The Morgan fingerprint density at radius 1 is 0.925 bits per heavy atom. The topological polar surface area (TPSA) is 86.8 Å². The van der Waals surface area contributed by atoms with E-state index in [1.165, 1.54) is 35.2 Å². The first-order chi connectivity index (χ1) is 18.9. The monoisotopic (exact) mass is 567 g/mol. The summed E-state index contributed by atoms with van der Waals surface area (Å²) in [4.78, 5) is 28.6. The number of rotatable bonds is 12. The van der Waals surface area contributed by atoms with Gasteiger partial charge in [-0.2, -0.15) is 0 Å². The molecular formula is C31H38FN3O4S. The summed E-state index contributed by atoms with van der Waals surface area (Å²) in [5, 5.41) is 2.90. The van der Waals surface area contributed by atoms with E-state index in [1.807, 2.05) is 52.0 Å². The largest absolute Gasteiger partial charge is 0.354 e. The summed E-state index contributed by atoms with van der Waals surface area (Å²) in [6.07, 6.45) is 0.311. The fourth-order valence-corrected chi connectivity index (χ4v) is 5.78. The molecule has 0 saturated heterocycles. The normalized spacial score (nSPS) is 12.2. The molecule has 214 valence electrons. The summed E-state index contributed by atoms with van der Waals surface area (Å²) >= 11 is 0. The van der Waals surface area contributed by atoms with Gasteiger partial charge in [0.15, 0.2) is 0 Å². The third-order valence-corrected chi connectivity index (χ3v) is 8.29. The van der Waals surface area contributed by atoms with Gasteiger partial charge in [0.1, 0.15) is 18.4 Å². The third-order valence-electron chi connectivity index (χ3n) is 6.51. The average molecular weight is 568 g/mol. The number of nitrogens with zero attached hydrogens (tertiary/aromatic N) is 2. The van der Waals surface area contributed by atoms with Crippen LogP contribution in [0, 0.1) is 25.6 Å². The molecule has 1 N–H and O–H groups in total. The molecule has 9 heteroatoms. The minimum atomic E-state index is -4.33. The predicted octanol–water partition coefficient (Wildman–Crippen LogP) is 5.22. The number of nitrogens with one attached hydrogen (secondary N) is 1. The van der Waals surface area contributed by atoms with Crippen LogP contribution in [0.1, 0.15) is 43.9 Å². The molecule has 0 aliphatic carbocycles. The van der Waals surface area contributed by atoms with Gasteiger partial charge < -0.3 is 10.2 Å². The molecule has 7 nitrogen and oxygen atoms in total. The molecule has 0 radical (unpaired) electrons. The molecule has 3 aromatic rings. The smallest absolute Gasteiger partial charge is 0.264 e. The fourth-order valence-electron chi connectivity index (χ4n) is 4.35. The van der Waals surface area contributed by atoms with E-state index in [1.54, 1.807) is 19.1 Å². The summed E-state index contributed by atoms with van der Waals surface area (Å²) in [7, 11) is -4.33. The molecule has 0 spiro atoms. The van der Waals surface area contributed by atoms with Crippen molar-refractivity contribution in [1.82, 2.24) is 10.2 Å². The molecule has 0 aliphatic heterocycles. The average Bonchev–Trinajstić information content (AvgIpc) is 2.91. The number of hydrogen-bond acceptors (Lipinski definition) is 4. The fraction of sp³-hybridized carbons (Fsp3) is 0.355. The van der Waals surface area contributed by atoms with Gasteiger partial charge in [0.25, 0.3) is 10.0 Å². The number of carbonyl (C=O) groups is 2. The molecule has 1 atom stereocenters. The van der Waals surface area contributed by atoms with Crippen molar-refractivity contribution in [3.05, 3.63) is 95.3 Å². The minimum absolute atomic E-state index is 0.0684. The van der Waals surface area contributed by atoms with Crippen LogP contribution < -0.4 is 9.62 Å². The van der Waals surface area contributed by atoms with Crippen molar-refractivity contribution in [3.8, 4) is 0 Å². The van der Waals surface area contributed by atoms with Crippen molar-refractivity contribution in [2.24, 2.45) is 5.92 Å². The van der Waals surface area contributed by atoms with E-state index in [9.17, 15) is 18.0 Å².